The summed E-state index contributed by atoms with van der Waals surface area (Å²) in [7, 11) is 0. The molecule has 1 aliphatic heterocycles. The fraction of sp³-hybridized carbons (Fsp3) is 0.560. The van der Waals surface area contributed by atoms with Crippen molar-refractivity contribution in [3.05, 3.63) is 47.8 Å². The molecule has 4 rings (SSSR count). The minimum atomic E-state index is -0.518. The van der Waals surface area contributed by atoms with Crippen molar-refractivity contribution in [1.29, 1.82) is 0 Å². The summed E-state index contributed by atoms with van der Waals surface area (Å²) in [5.41, 5.74) is 1.99. The molecule has 1 saturated heterocycles. The maximum Gasteiger partial charge on any atom is 0.224 e. The number of halogens is 1. The van der Waals surface area contributed by atoms with Crippen LogP contribution in [0.15, 0.2) is 30.5 Å². The number of hydrogen-bond donors (Lipinski definition) is 1. The molecule has 0 radical (unpaired) electrons. The smallest absolute Gasteiger partial charge is 0.224 e. The van der Waals surface area contributed by atoms with Gasteiger partial charge in [0, 0.05) is 25.3 Å². The standard InChI is InChI=1S/C25H33FN4O2/c1-18(20-5-3-2-4-6-20)28-24(31)15-19-7-9-21(10-8-19)22-16-27-23(29-25(22)26)17-30-11-13-32-14-12-30/h7-10,16,18,20H,2-6,11-15,17H2,1H3,(H,28,31)/t18-/m1/s1. The number of aromatic nitrogens is 2. The van der Waals surface area contributed by atoms with E-state index in [1.807, 2.05) is 24.3 Å². The first-order valence-corrected chi connectivity index (χ1v) is 11.8. The van der Waals surface area contributed by atoms with E-state index in [2.05, 4.69) is 27.1 Å². The third-order valence-electron chi connectivity index (χ3n) is 6.64. The lowest BCUT2D eigenvalue weighted by Crippen LogP contribution is -2.39. The maximum absolute atomic E-state index is 14.7. The topological polar surface area (TPSA) is 67.4 Å². The fourth-order valence-corrected chi connectivity index (χ4v) is 4.67. The van der Waals surface area contributed by atoms with Gasteiger partial charge < -0.3 is 10.1 Å². The van der Waals surface area contributed by atoms with Gasteiger partial charge in [-0.2, -0.15) is 4.39 Å². The van der Waals surface area contributed by atoms with Crippen LogP contribution in [-0.4, -0.2) is 53.1 Å². The fourth-order valence-electron chi connectivity index (χ4n) is 4.67. The van der Waals surface area contributed by atoms with Crippen molar-refractivity contribution < 1.29 is 13.9 Å². The first-order chi connectivity index (χ1) is 15.6. The van der Waals surface area contributed by atoms with Gasteiger partial charge in [0.1, 0.15) is 5.82 Å². The third-order valence-corrected chi connectivity index (χ3v) is 6.64. The van der Waals surface area contributed by atoms with Gasteiger partial charge in [0.05, 0.1) is 31.7 Å². The molecule has 0 spiro atoms. The molecule has 172 valence electrons. The van der Waals surface area contributed by atoms with Crippen molar-refractivity contribution in [3.8, 4) is 11.1 Å². The third kappa shape index (κ3) is 6.11. The van der Waals surface area contributed by atoms with Gasteiger partial charge in [-0.25, -0.2) is 9.97 Å². The van der Waals surface area contributed by atoms with Crippen LogP contribution >= 0.6 is 0 Å². The molecular weight excluding hydrogens is 407 g/mol. The zero-order chi connectivity index (χ0) is 22.3. The van der Waals surface area contributed by atoms with E-state index in [1.165, 1.54) is 32.1 Å². The van der Waals surface area contributed by atoms with Gasteiger partial charge in [-0.15, -0.1) is 0 Å². The number of ether oxygens (including phenoxy) is 1. The summed E-state index contributed by atoms with van der Waals surface area (Å²) in [5, 5.41) is 3.16. The average molecular weight is 441 g/mol. The highest BCUT2D eigenvalue weighted by atomic mass is 19.1. The number of benzene rings is 1. The molecule has 1 N–H and O–H groups in total. The molecule has 2 fully saturated rings. The van der Waals surface area contributed by atoms with Crippen LogP contribution < -0.4 is 5.32 Å². The second-order valence-corrected chi connectivity index (χ2v) is 9.01. The van der Waals surface area contributed by atoms with E-state index in [0.717, 1.165) is 18.7 Å². The number of amides is 1. The summed E-state index contributed by atoms with van der Waals surface area (Å²) in [6.45, 7) is 5.62. The number of hydrogen-bond acceptors (Lipinski definition) is 5. The van der Waals surface area contributed by atoms with Gasteiger partial charge in [0.15, 0.2) is 0 Å². The Balaban J connectivity index is 1.33. The van der Waals surface area contributed by atoms with E-state index in [0.29, 0.717) is 49.0 Å². The number of carbonyl (C=O) groups is 1. The molecule has 1 aromatic carbocycles. The lowest BCUT2D eigenvalue weighted by atomic mass is 9.84. The highest BCUT2D eigenvalue weighted by molar-refractivity contribution is 5.79. The van der Waals surface area contributed by atoms with Crippen molar-refractivity contribution in [3.63, 3.8) is 0 Å². The molecule has 1 saturated carbocycles. The second kappa shape index (κ2) is 11.0. The predicted octanol–water partition coefficient (Wildman–Crippen LogP) is 3.74. The molecule has 1 aromatic heterocycles. The maximum atomic E-state index is 14.7. The molecule has 1 amide bonds. The summed E-state index contributed by atoms with van der Waals surface area (Å²) in [6, 6.07) is 7.62. The predicted molar refractivity (Wildman–Crippen MR) is 121 cm³/mol. The number of nitrogens with zero attached hydrogens (tertiary/aromatic N) is 3. The van der Waals surface area contributed by atoms with Crippen LogP contribution in [0.5, 0.6) is 0 Å². The Hall–Kier alpha value is -2.38. The van der Waals surface area contributed by atoms with Gasteiger partial charge in [-0.1, -0.05) is 43.5 Å². The van der Waals surface area contributed by atoms with E-state index in [9.17, 15) is 9.18 Å². The SMILES string of the molecule is C[C@@H](NC(=O)Cc1ccc(-c2cnc(CN3CCOCC3)nc2F)cc1)C1CCCCC1. The Kier molecular flexibility index (Phi) is 7.81. The van der Waals surface area contributed by atoms with E-state index >= 15 is 0 Å². The Morgan fingerprint density at radius 3 is 2.59 bits per heavy atom. The van der Waals surface area contributed by atoms with Gasteiger partial charge in [0.2, 0.25) is 11.9 Å². The average Bonchev–Trinajstić information content (AvgIpc) is 2.81. The van der Waals surface area contributed by atoms with Gasteiger partial charge in [0.25, 0.3) is 0 Å². The minimum absolute atomic E-state index is 0.0396. The normalized spacial score (nSPS) is 18.9. The monoisotopic (exact) mass is 440 g/mol. The second-order valence-electron chi connectivity index (χ2n) is 9.01. The molecule has 32 heavy (non-hydrogen) atoms. The van der Waals surface area contributed by atoms with Gasteiger partial charge in [-0.3, -0.25) is 9.69 Å². The van der Waals surface area contributed by atoms with Crippen molar-refractivity contribution in [1.82, 2.24) is 20.2 Å². The summed E-state index contributed by atoms with van der Waals surface area (Å²) in [4.78, 5) is 23.1. The summed E-state index contributed by atoms with van der Waals surface area (Å²) < 4.78 is 20.0. The van der Waals surface area contributed by atoms with Crippen LogP contribution in [-0.2, 0) is 22.5 Å². The Bertz CT molecular complexity index is 893. The van der Waals surface area contributed by atoms with E-state index in [-0.39, 0.29) is 11.9 Å². The van der Waals surface area contributed by atoms with Crippen molar-refractivity contribution in [2.45, 2.75) is 58.0 Å². The first kappa shape index (κ1) is 22.8. The van der Waals surface area contributed by atoms with Gasteiger partial charge in [-0.05, 0) is 36.8 Å². The number of nitrogens with one attached hydrogen (secondary N) is 1. The van der Waals surface area contributed by atoms with Crippen molar-refractivity contribution in [2.24, 2.45) is 5.92 Å². The van der Waals surface area contributed by atoms with Crippen LogP contribution in [0, 0.1) is 11.9 Å². The highest BCUT2D eigenvalue weighted by Gasteiger charge is 2.21. The largest absolute Gasteiger partial charge is 0.379 e. The highest BCUT2D eigenvalue weighted by Crippen LogP contribution is 2.26. The van der Waals surface area contributed by atoms with Gasteiger partial charge >= 0.3 is 0 Å². The molecule has 2 aromatic rings. The zero-order valence-electron chi connectivity index (χ0n) is 18.9. The van der Waals surface area contributed by atoms with Crippen LogP contribution in [0.25, 0.3) is 11.1 Å². The number of rotatable bonds is 7. The van der Waals surface area contributed by atoms with Crippen LogP contribution in [0.3, 0.4) is 0 Å². The summed E-state index contributed by atoms with van der Waals surface area (Å²) >= 11 is 0. The summed E-state index contributed by atoms with van der Waals surface area (Å²) in [6.07, 6.45) is 8.12. The molecule has 0 unspecified atom stereocenters. The quantitative estimate of drug-likeness (QED) is 0.665. The Labute approximate surface area is 189 Å². The lowest BCUT2D eigenvalue weighted by molar-refractivity contribution is -0.121. The first-order valence-electron chi connectivity index (χ1n) is 11.8. The molecule has 1 atom stereocenters. The van der Waals surface area contributed by atoms with Crippen LogP contribution in [0.1, 0.15) is 50.4 Å². The van der Waals surface area contributed by atoms with E-state index in [1.54, 1.807) is 6.20 Å². The van der Waals surface area contributed by atoms with E-state index < -0.39 is 5.95 Å². The summed E-state index contributed by atoms with van der Waals surface area (Å²) in [5.74, 6) is 0.589. The molecule has 6 nitrogen and oxygen atoms in total. The Morgan fingerprint density at radius 1 is 1.19 bits per heavy atom. The molecular formula is C25H33FN4O2. The van der Waals surface area contributed by atoms with Crippen LogP contribution in [0.4, 0.5) is 4.39 Å². The Morgan fingerprint density at radius 2 is 1.91 bits per heavy atom. The number of carbonyl (C=O) groups excluding carboxylic acids is 1. The van der Waals surface area contributed by atoms with Crippen LogP contribution in [0.2, 0.25) is 0 Å². The zero-order valence-corrected chi connectivity index (χ0v) is 18.9. The molecule has 1 aliphatic carbocycles. The van der Waals surface area contributed by atoms with Crippen molar-refractivity contribution >= 4 is 5.91 Å². The molecule has 2 heterocycles. The molecule has 0 bridgehead atoms. The lowest BCUT2D eigenvalue weighted by Gasteiger charge is -2.28. The molecule has 7 heteroatoms. The van der Waals surface area contributed by atoms with Crippen molar-refractivity contribution in [2.75, 3.05) is 26.3 Å². The molecule has 2 aliphatic rings. The van der Waals surface area contributed by atoms with E-state index in [4.69, 9.17) is 4.74 Å². The minimum Gasteiger partial charge on any atom is -0.379 e. The number of morpholine rings is 1.